The van der Waals surface area contributed by atoms with Crippen LogP contribution in [0.1, 0.15) is 25.7 Å². The molecular weight excluding hydrogens is 606 g/mol. The molecule has 0 radical (unpaired) electrons. The van der Waals surface area contributed by atoms with E-state index in [9.17, 15) is 50.8 Å². The summed E-state index contributed by atoms with van der Waals surface area (Å²) in [4.78, 5) is 12.8. The second-order valence-electron chi connectivity index (χ2n) is 12.4. The van der Waals surface area contributed by atoms with Crippen LogP contribution in [0.2, 0.25) is 0 Å². The van der Waals surface area contributed by atoms with Gasteiger partial charge in [-0.15, -0.1) is 0 Å². The molecule has 45 heavy (non-hydrogen) atoms. The Kier molecular flexibility index (Phi) is 12.5. The zero-order valence-corrected chi connectivity index (χ0v) is 24.7. The molecule has 4 aliphatic rings. The molecule has 19 heteroatoms. The van der Waals surface area contributed by atoms with Gasteiger partial charge in [0.1, 0.15) is 54.9 Å². The van der Waals surface area contributed by atoms with Crippen LogP contribution in [0.5, 0.6) is 0 Å². The fourth-order valence-corrected chi connectivity index (χ4v) is 5.91. The Balaban J connectivity index is 1.49. The number of rotatable bonds is 13. The fraction of sp³-hybridized carbons (Fsp3) is 0.962. The van der Waals surface area contributed by atoms with E-state index >= 15 is 0 Å². The van der Waals surface area contributed by atoms with Crippen molar-refractivity contribution in [1.82, 2.24) is 10.6 Å². The maximum atomic E-state index is 12.8. The number of nitrogens with one attached hydrogen (secondary N) is 2. The molecule has 19 nitrogen and oxygen atoms in total. The number of carbonyl (C=O) groups excluding carboxylic acids is 1. The average molecular weight is 656 g/mol. The molecule has 2 heterocycles. The quantitative estimate of drug-likeness (QED) is 0.0875. The molecule has 2 aliphatic heterocycles. The topological polar surface area (TPSA) is 338 Å². The molecule has 2 saturated carbocycles. The van der Waals surface area contributed by atoms with Crippen molar-refractivity contribution in [3.63, 3.8) is 0 Å². The van der Waals surface area contributed by atoms with Gasteiger partial charge in [-0.05, 0) is 19.4 Å². The van der Waals surface area contributed by atoms with E-state index in [0.717, 1.165) is 0 Å². The summed E-state index contributed by atoms with van der Waals surface area (Å²) in [5.41, 5.74) is 15.6. The smallest absolute Gasteiger partial charge is 0.253 e. The second-order valence-corrected chi connectivity index (χ2v) is 12.4. The second kappa shape index (κ2) is 15.3. The third kappa shape index (κ3) is 8.27. The molecule has 2 saturated heterocycles. The van der Waals surface area contributed by atoms with E-state index in [4.69, 9.17) is 36.1 Å². The minimum absolute atomic E-state index is 0.00499. The van der Waals surface area contributed by atoms with Crippen molar-refractivity contribution in [1.29, 1.82) is 0 Å². The third-order valence-corrected chi connectivity index (χ3v) is 8.90. The molecule has 262 valence electrons. The number of ether oxygens (including phenoxy) is 4. The molecule has 4 fully saturated rings. The van der Waals surface area contributed by atoms with Gasteiger partial charge >= 0.3 is 0 Å². The van der Waals surface area contributed by atoms with E-state index in [1.54, 1.807) is 0 Å². The van der Waals surface area contributed by atoms with Crippen LogP contribution < -0.4 is 27.8 Å². The van der Waals surface area contributed by atoms with Crippen molar-refractivity contribution in [3.8, 4) is 0 Å². The van der Waals surface area contributed by atoms with Crippen molar-refractivity contribution in [2.24, 2.45) is 17.2 Å². The zero-order valence-electron chi connectivity index (χ0n) is 24.7. The summed E-state index contributed by atoms with van der Waals surface area (Å²) in [5.74, 6) is -0.837. The van der Waals surface area contributed by atoms with Gasteiger partial charge in [-0.25, -0.2) is 0 Å². The maximum absolute atomic E-state index is 12.8. The zero-order chi connectivity index (χ0) is 33.2. The van der Waals surface area contributed by atoms with Gasteiger partial charge < -0.3 is 92.7 Å². The summed E-state index contributed by atoms with van der Waals surface area (Å²) in [6, 6.07) is -2.95. The van der Waals surface area contributed by atoms with Gasteiger partial charge in [-0.1, -0.05) is 0 Å². The largest absolute Gasteiger partial charge is 0.394 e. The molecule has 0 bridgehead atoms. The molecule has 4 rings (SSSR count). The van der Waals surface area contributed by atoms with Gasteiger partial charge in [-0.3, -0.25) is 4.79 Å². The van der Waals surface area contributed by atoms with E-state index in [0.29, 0.717) is 6.42 Å². The summed E-state index contributed by atoms with van der Waals surface area (Å²) in [6.07, 6.45) is -18.3. The Morgan fingerprint density at radius 3 is 2.18 bits per heavy atom. The van der Waals surface area contributed by atoms with Crippen LogP contribution >= 0.6 is 0 Å². The van der Waals surface area contributed by atoms with Gasteiger partial charge in [0.2, 0.25) is 0 Å². The summed E-state index contributed by atoms with van der Waals surface area (Å²) >= 11 is 0. The SMILES string of the molecule is NCCC(O)CNCC1OC(OC2C(N)CC(NC(=O)C3(O)CC3N)C(OC3OC(CO)C(O)CC3O)C2O)C(O)C(O)C1O. The Morgan fingerprint density at radius 1 is 0.911 bits per heavy atom. The maximum Gasteiger partial charge on any atom is 0.253 e. The number of hydrogen-bond donors (Lipinski definition) is 14. The summed E-state index contributed by atoms with van der Waals surface area (Å²) in [7, 11) is 0. The van der Waals surface area contributed by atoms with Crippen LogP contribution in [0.15, 0.2) is 0 Å². The number of aliphatic hydroxyl groups is 9. The van der Waals surface area contributed by atoms with E-state index in [1.165, 1.54) is 0 Å². The standard InChI is InChI=1S/C26H49N5O14/c27-2-1-9(33)6-30-7-14-17(36)18(37)19(38)24(42-14)44-21-10(28)3-11(31-25(40)26(41)5-16(26)29)22(20(21)39)45-23-13(35)4-12(34)15(8-32)43-23/h9-24,30,32-39,41H,1-8,27-29H2,(H,31,40). The highest BCUT2D eigenvalue weighted by atomic mass is 16.7. The predicted molar refractivity (Wildman–Crippen MR) is 149 cm³/mol. The lowest BCUT2D eigenvalue weighted by Crippen LogP contribution is -2.68. The molecule has 17 N–H and O–H groups in total. The predicted octanol–water partition coefficient (Wildman–Crippen LogP) is -8.27. The number of carbonyl (C=O) groups is 1. The highest BCUT2D eigenvalue weighted by Crippen LogP contribution is 2.36. The molecule has 17 atom stereocenters. The molecule has 0 spiro atoms. The molecule has 0 aromatic heterocycles. The van der Waals surface area contributed by atoms with Crippen LogP contribution in [-0.4, -0.2) is 182 Å². The Morgan fingerprint density at radius 2 is 1.56 bits per heavy atom. The van der Waals surface area contributed by atoms with Crippen molar-refractivity contribution >= 4 is 5.91 Å². The van der Waals surface area contributed by atoms with E-state index in [2.05, 4.69) is 10.6 Å². The van der Waals surface area contributed by atoms with Gasteiger partial charge in [-0.2, -0.15) is 0 Å². The highest BCUT2D eigenvalue weighted by molar-refractivity contribution is 5.89. The molecular formula is C26H49N5O14. The first kappa shape index (κ1) is 36.6. The number of amides is 1. The molecule has 0 aromatic carbocycles. The lowest BCUT2D eigenvalue weighted by molar-refractivity contribution is -0.332. The molecule has 1 amide bonds. The first-order valence-corrected chi connectivity index (χ1v) is 15.2. The highest BCUT2D eigenvalue weighted by Gasteiger charge is 2.59. The lowest BCUT2D eigenvalue weighted by Gasteiger charge is -2.48. The van der Waals surface area contributed by atoms with Crippen molar-refractivity contribution in [3.05, 3.63) is 0 Å². The van der Waals surface area contributed by atoms with Crippen LogP contribution in [-0.2, 0) is 23.7 Å². The minimum atomic E-state index is -1.83. The fourth-order valence-electron chi connectivity index (χ4n) is 5.91. The van der Waals surface area contributed by atoms with Crippen molar-refractivity contribution in [2.75, 3.05) is 26.2 Å². The molecule has 17 unspecified atom stereocenters. The molecule has 2 aliphatic carbocycles. The van der Waals surface area contributed by atoms with Crippen molar-refractivity contribution in [2.45, 2.75) is 129 Å². The Hall–Kier alpha value is -1.21. The lowest BCUT2D eigenvalue weighted by atomic mass is 9.83. The van der Waals surface area contributed by atoms with Gasteiger partial charge in [0.05, 0.1) is 24.9 Å². The number of hydrogen-bond acceptors (Lipinski definition) is 18. The van der Waals surface area contributed by atoms with Gasteiger partial charge in [0, 0.05) is 38.0 Å². The van der Waals surface area contributed by atoms with Crippen LogP contribution in [0.3, 0.4) is 0 Å². The van der Waals surface area contributed by atoms with Gasteiger partial charge in [0.25, 0.3) is 5.91 Å². The van der Waals surface area contributed by atoms with Crippen LogP contribution in [0.25, 0.3) is 0 Å². The average Bonchev–Trinajstić information content (AvgIpc) is 3.61. The Labute approximate surface area is 259 Å². The Bertz CT molecular complexity index is 975. The normalized spacial score (nSPS) is 47.7. The van der Waals surface area contributed by atoms with E-state index in [-0.39, 0.29) is 38.9 Å². The van der Waals surface area contributed by atoms with E-state index < -0.39 is 116 Å². The van der Waals surface area contributed by atoms with Crippen molar-refractivity contribution < 1.29 is 69.7 Å². The monoisotopic (exact) mass is 655 g/mol. The first-order valence-electron chi connectivity index (χ1n) is 15.2. The minimum Gasteiger partial charge on any atom is -0.394 e. The van der Waals surface area contributed by atoms with Crippen LogP contribution in [0, 0.1) is 0 Å². The number of aliphatic hydroxyl groups excluding tert-OH is 8. The number of nitrogens with two attached hydrogens (primary N) is 3. The first-order chi connectivity index (χ1) is 21.2. The molecule has 0 aromatic rings. The van der Waals surface area contributed by atoms with Gasteiger partial charge in [0.15, 0.2) is 18.2 Å². The summed E-state index contributed by atoms with van der Waals surface area (Å²) in [6.45, 7) is -0.299. The summed E-state index contributed by atoms with van der Waals surface area (Å²) in [5, 5.41) is 99.1. The third-order valence-electron chi connectivity index (χ3n) is 8.90. The van der Waals surface area contributed by atoms with E-state index in [1.807, 2.05) is 0 Å². The summed E-state index contributed by atoms with van der Waals surface area (Å²) < 4.78 is 23.0. The van der Waals surface area contributed by atoms with Crippen LogP contribution in [0.4, 0.5) is 0 Å².